The quantitative estimate of drug-likeness (QED) is 0.232. The first-order chi connectivity index (χ1) is 19.6. The van der Waals surface area contributed by atoms with Gasteiger partial charge in [0.2, 0.25) is 5.88 Å². The van der Waals surface area contributed by atoms with Crippen LogP contribution in [0.2, 0.25) is 0 Å². The number of aryl methyl sites for hydroxylation is 4. The molecule has 11 heteroatoms. The van der Waals surface area contributed by atoms with E-state index in [9.17, 15) is 14.7 Å². The summed E-state index contributed by atoms with van der Waals surface area (Å²) < 4.78 is 14.7. The van der Waals surface area contributed by atoms with Gasteiger partial charge in [-0.3, -0.25) is 13.9 Å². The van der Waals surface area contributed by atoms with Crippen molar-refractivity contribution in [1.82, 2.24) is 19.8 Å². The normalized spacial score (nSPS) is 13.2. The van der Waals surface area contributed by atoms with Crippen molar-refractivity contribution in [2.75, 3.05) is 27.3 Å². The van der Waals surface area contributed by atoms with Crippen molar-refractivity contribution in [1.29, 1.82) is 0 Å². The number of hydrogen-bond acceptors (Lipinski definition) is 8. The van der Waals surface area contributed by atoms with Crippen molar-refractivity contribution < 1.29 is 19.4 Å². The number of nitrogens with two attached hydrogens (primary N) is 1. The molecule has 0 radical (unpaired) electrons. The Labute approximate surface area is 238 Å². The summed E-state index contributed by atoms with van der Waals surface area (Å²) in [6.07, 6.45) is 0.641. The predicted molar refractivity (Wildman–Crippen MR) is 157 cm³/mol. The van der Waals surface area contributed by atoms with Crippen molar-refractivity contribution in [2.45, 2.75) is 47.2 Å². The van der Waals surface area contributed by atoms with Gasteiger partial charge in [-0.05, 0) is 62.9 Å². The van der Waals surface area contributed by atoms with E-state index in [4.69, 9.17) is 20.2 Å². The molecule has 0 saturated carbocycles. The fourth-order valence-corrected chi connectivity index (χ4v) is 5.27. The Bertz CT molecular complexity index is 1620. The molecule has 1 aliphatic heterocycles. The minimum atomic E-state index is -0.617. The maximum absolute atomic E-state index is 14.0. The molecular formula is C30H38N6O5. The van der Waals surface area contributed by atoms with Crippen molar-refractivity contribution in [3.05, 3.63) is 80.1 Å². The fourth-order valence-electron chi connectivity index (χ4n) is 5.27. The van der Waals surface area contributed by atoms with Gasteiger partial charge in [0, 0.05) is 38.3 Å². The third kappa shape index (κ3) is 5.93. The van der Waals surface area contributed by atoms with Crippen LogP contribution < -0.4 is 37.0 Å². The van der Waals surface area contributed by atoms with Crippen LogP contribution in [0.25, 0.3) is 11.3 Å². The van der Waals surface area contributed by atoms with Crippen LogP contribution in [0.5, 0.6) is 11.5 Å². The number of ether oxygens (including phenoxy) is 2. The number of fused-ring (bicyclic) bond motifs is 3. The molecule has 4 rings (SSSR count). The smallest absolute Gasteiger partial charge is 0.330 e. The van der Waals surface area contributed by atoms with Gasteiger partial charge < -0.3 is 30.9 Å². The zero-order valence-electron chi connectivity index (χ0n) is 24.4. The lowest BCUT2D eigenvalue weighted by Gasteiger charge is -2.25. The van der Waals surface area contributed by atoms with Crippen molar-refractivity contribution in [2.24, 2.45) is 10.7 Å². The number of benzene rings is 2. The maximum atomic E-state index is 14.0. The lowest BCUT2D eigenvalue weighted by Crippen LogP contribution is -2.44. The first-order valence-electron chi connectivity index (χ1n) is 13.6. The van der Waals surface area contributed by atoms with Gasteiger partial charge in [0.05, 0.1) is 25.1 Å². The number of hydrogen-bond donors (Lipinski definition) is 4. The molecule has 11 nitrogen and oxygen atoms in total. The SMILES string of the molecule is CCOc1cc2c(cc1OC)-c1c/c(=N\c3c(C)cc(C)cc3C)n(CCNC(=O)/C(NC)=C(/N)O)c(=O)n1CC2. The number of aliphatic hydroxyl groups excluding tert-OH is 1. The Morgan fingerprint density at radius 3 is 2.44 bits per heavy atom. The molecule has 1 aromatic heterocycles. The minimum absolute atomic E-state index is 0.104. The lowest BCUT2D eigenvalue weighted by molar-refractivity contribution is -0.118. The van der Waals surface area contributed by atoms with Crippen LogP contribution in [0.3, 0.4) is 0 Å². The molecule has 5 N–H and O–H groups in total. The van der Waals surface area contributed by atoms with Crippen LogP contribution in [0, 0.1) is 20.8 Å². The van der Waals surface area contributed by atoms with Gasteiger partial charge in [0.25, 0.3) is 5.91 Å². The van der Waals surface area contributed by atoms with Crippen LogP contribution in [0.1, 0.15) is 29.2 Å². The van der Waals surface area contributed by atoms with Gasteiger partial charge >= 0.3 is 5.69 Å². The number of amides is 1. The molecule has 2 heterocycles. The van der Waals surface area contributed by atoms with E-state index in [-0.39, 0.29) is 24.5 Å². The van der Waals surface area contributed by atoms with E-state index < -0.39 is 11.8 Å². The highest BCUT2D eigenvalue weighted by molar-refractivity contribution is 5.93. The summed E-state index contributed by atoms with van der Waals surface area (Å²) in [6.45, 7) is 9.18. The highest BCUT2D eigenvalue weighted by atomic mass is 16.5. The van der Waals surface area contributed by atoms with Crippen LogP contribution in [0.4, 0.5) is 5.69 Å². The van der Waals surface area contributed by atoms with Gasteiger partial charge in [-0.1, -0.05) is 17.7 Å². The second-order valence-electron chi connectivity index (χ2n) is 9.94. The lowest BCUT2D eigenvalue weighted by atomic mass is 9.97. The Morgan fingerprint density at radius 2 is 1.83 bits per heavy atom. The molecule has 2 aromatic carbocycles. The summed E-state index contributed by atoms with van der Waals surface area (Å²) in [4.78, 5) is 31.4. The average molecular weight is 563 g/mol. The number of likely N-dealkylation sites (N-methyl/N-ethyl adjacent to an activating group) is 1. The molecule has 0 spiro atoms. The second-order valence-corrected chi connectivity index (χ2v) is 9.94. The summed E-state index contributed by atoms with van der Waals surface area (Å²) in [5.41, 5.74) is 12.0. The number of rotatable bonds is 9. The standard InChI is InChI=1S/C30H38N6O5/c1-7-41-24-14-20-8-10-35-22(21(20)15-23(24)40-6)16-25(34-26-18(3)12-17(2)13-19(26)4)36(30(35)39)11-9-33-29(38)27(32-5)28(31)37/h12-16,32,37H,7-11,31H2,1-6H3,(H,33,38)/b28-27+,34-25+. The van der Waals surface area contributed by atoms with Gasteiger partial charge in [-0.2, -0.15) is 0 Å². The molecule has 0 atom stereocenters. The van der Waals surface area contributed by atoms with E-state index in [1.807, 2.05) is 45.9 Å². The second kappa shape index (κ2) is 12.2. The molecule has 0 aliphatic carbocycles. The summed E-state index contributed by atoms with van der Waals surface area (Å²) >= 11 is 0. The van der Waals surface area contributed by atoms with Gasteiger partial charge in [-0.15, -0.1) is 0 Å². The number of aromatic nitrogens is 2. The topological polar surface area (TPSA) is 145 Å². The number of nitrogens with one attached hydrogen (secondary N) is 2. The van der Waals surface area contributed by atoms with E-state index in [2.05, 4.69) is 22.8 Å². The molecule has 218 valence electrons. The van der Waals surface area contributed by atoms with Crippen LogP contribution in [0.15, 0.2) is 51.7 Å². The number of carbonyl (C=O) groups excluding carboxylic acids is 1. The number of methoxy groups -OCH3 is 1. The Kier molecular flexibility index (Phi) is 8.75. The highest BCUT2D eigenvalue weighted by Gasteiger charge is 2.23. The summed E-state index contributed by atoms with van der Waals surface area (Å²) in [6, 6.07) is 9.91. The zero-order valence-corrected chi connectivity index (χ0v) is 24.4. The Morgan fingerprint density at radius 1 is 1.12 bits per heavy atom. The number of nitrogens with zero attached hydrogens (tertiary/aromatic N) is 3. The summed E-state index contributed by atoms with van der Waals surface area (Å²) in [5.74, 6) is 0.0573. The van der Waals surface area contributed by atoms with Crippen molar-refractivity contribution in [3.63, 3.8) is 0 Å². The van der Waals surface area contributed by atoms with Crippen molar-refractivity contribution in [3.8, 4) is 22.8 Å². The Balaban J connectivity index is 1.88. The van der Waals surface area contributed by atoms with E-state index in [1.54, 1.807) is 16.2 Å². The molecule has 0 fully saturated rings. The molecule has 41 heavy (non-hydrogen) atoms. The molecular weight excluding hydrogens is 524 g/mol. The third-order valence-corrected chi connectivity index (χ3v) is 7.08. The summed E-state index contributed by atoms with van der Waals surface area (Å²) in [5, 5.41) is 14.8. The summed E-state index contributed by atoms with van der Waals surface area (Å²) in [7, 11) is 3.08. The van der Waals surface area contributed by atoms with Crippen LogP contribution in [-0.4, -0.2) is 47.5 Å². The first kappa shape index (κ1) is 29.3. The molecule has 0 saturated heterocycles. The minimum Gasteiger partial charge on any atom is -0.493 e. The van der Waals surface area contributed by atoms with Crippen LogP contribution in [-0.2, 0) is 24.3 Å². The van der Waals surface area contributed by atoms with Gasteiger partial charge in [0.15, 0.2) is 17.2 Å². The van der Waals surface area contributed by atoms with E-state index in [1.165, 1.54) is 7.05 Å². The molecule has 0 bridgehead atoms. The maximum Gasteiger partial charge on any atom is 0.330 e. The highest BCUT2D eigenvalue weighted by Crippen LogP contribution is 2.37. The third-order valence-electron chi connectivity index (χ3n) is 7.08. The van der Waals surface area contributed by atoms with Crippen LogP contribution >= 0.6 is 0 Å². The molecule has 1 amide bonds. The van der Waals surface area contributed by atoms with E-state index in [0.717, 1.165) is 39.2 Å². The average Bonchev–Trinajstić information content (AvgIpc) is 2.92. The van der Waals surface area contributed by atoms with Gasteiger partial charge in [-0.25, -0.2) is 9.79 Å². The largest absolute Gasteiger partial charge is 0.493 e. The monoisotopic (exact) mass is 562 g/mol. The van der Waals surface area contributed by atoms with E-state index >= 15 is 0 Å². The van der Waals surface area contributed by atoms with Gasteiger partial charge in [0.1, 0.15) is 5.49 Å². The number of aliphatic hydroxyl groups is 1. The first-order valence-corrected chi connectivity index (χ1v) is 13.6. The molecule has 1 aliphatic rings. The Hall–Kier alpha value is -4.67. The van der Waals surface area contributed by atoms with Crippen molar-refractivity contribution >= 4 is 11.6 Å². The predicted octanol–water partition coefficient (Wildman–Crippen LogP) is 2.46. The zero-order chi connectivity index (χ0) is 29.8. The fraction of sp³-hybridized carbons (Fsp3) is 0.367. The molecule has 0 unspecified atom stereocenters. The van der Waals surface area contributed by atoms with E-state index in [0.29, 0.717) is 36.6 Å². The molecule has 3 aromatic rings. The number of carbonyl (C=O) groups is 1.